The normalized spacial score (nSPS) is 16.2. The highest BCUT2D eigenvalue weighted by Crippen LogP contribution is 2.31. The van der Waals surface area contributed by atoms with Crippen LogP contribution in [0.15, 0.2) is 79.4 Å². The maximum Gasteiger partial charge on any atom is 0.573 e. The summed E-state index contributed by atoms with van der Waals surface area (Å²) in [6.07, 6.45) is 4.29. The van der Waals surface area contributed by atoms with E-state index in [0.29, 0.717) is 12.8 Å². The highest BCUT2D eigenvalue weighted by Gasteiger charge is 2.36. The van der Waals surface area contributed by atoms with E-state index >= 15 is 0 Å². The van der Waals surface area contributed by atoms with Gasteiger partial charge in [0.15, 0.2) is 12.4 Å². The van der Waals surface area contributed by atoms with Gasteiger partial charge in [0.05, 0.1) is 5.39 Å². The minimum atomic E-state index is -4.79. The molecule has 2 aromatic carbocycles. The fourth-order valence-electron chi connectivity index (χ4n) is 4.33. The van der Waals surface area contributed by atoms with Crippen LogP contribution in [0, 0.1) is 0 Å². The number of carbonyl (C=O) groups is 1. The van der Waals surface area contributed by atoms with Crippen LogP contribution < -0.4 is 9.30 Å². The Bertz CT molecular complexity index is 1300. The molecular weight excluding hydrogens is 417 g/mol. The van der Waals surface area contributed by atoms with E-state index in [1.54, 1.807) is 6.07 Å². The first-order valence-corrected chi connectivity index (χ1v) is 10.3. The smallest absolute Gasteiger partial charge is 0.406 e. The summed E-state index contributed by atoms with van der Waals surface area (Å²) in [4.78, 5) is 13.2. The van der Waals surface area contributed by atoms with Crippen molar-refractivity contribution in [1.82, 2.24) is 4.57 Å². The summed E-state index contributed by atoms with van der Waals surface area (Å²) in [7, 11) is 0. The van der Waals surface area contributed by atoms with Gasteiger partial charge in [-0.05, 0) is 29.7 Å². The van der Waals surface area contributed by atoms with E-state index < -0.39 is 12.4 Å². The third-order valence-corrected chi connectivity index (χ3v) is 5.80. The second-order valence-electron chi connectivity index (χ2n) is 8.00. The van der Waals surface area contributed by atoms with Gasteiger partial charge in [-0.1, -0.05) is 36.4 Å². The molecule has 0 N–H and O–H groups in total. The van der Waals surface area contributed by atoms with Crippen molar-refractivity contribution < 1.29 is 27.3 Å². The zero-order valence-corrected chi connectivity index (χ0v) is 17.0. The molecule has 0 radical (unpaired) electrons. The topological polar surface area (TPSA) is 35.1 Å². The number of pyridine rings is 1. The van der Waals surface area contributed by atoms with Gasteiger partial charge in [-0.15, -0.1) is 13.2 Å². The van der Waals surface area contributed by atoms with Crippen molar-refractivity contribution in [2.45, 2.75) is 31.8 Å². The predicted octanol–water partition coefficient (Wildman–Crippen LogP) is 5.25. The molecule has 1 atom stereocenters. The number of halogens is 3. The van der Waals surface area contributed by atoms with Gasteiger partial charge in [-0.25, -0.2) is 0 Å². The van der Waals surface area contributed by atoms with E-state index in [2.05, 4.69) is 27.6 Å². The van der Waals surface area contributed by atoms with Gasteiger partial charge in [-0.2, -0.15) is 4.57 Å². The molecule has 4 aromatic rings. The first-order valence-electron chi connectivity index (χ1n) is 10.3. The van der Waals surface area contributed by atoms with Gasteiger partial charge in [-0.3, -0.25) is 4.79 Å². The lowest BCUT2D eigenvalue weighted by Crippen LogP contribution is -2.45. The average molecular weight is 437 g/mol. The maximum absolute atomic E-state index is 13.2. The number of carbonyl (C=O) groups excluding carboxylic acids is 1. The second-order valence-corrected chi connectivity index (χ2v) is 8.00. The van der Waals surface area contributed by atoms with Crippen LogP contribution in [0.2, 0.25) is 0 Å². The number of ether oxygens (including phenoxy) is 1. The van der Waals surface area contributed by atoms with Crippen molar-refractivity contribution in [2.24, 2.45) is 0 Å². The molecule has 32 heavy (non-hydrogen) atoms. The molecule has 0 fully saturated rings. The van der Waals surface area contributed by atoms with Crippen LogP contribution in [-0.4, -0.2) is 16.7 Å². The number of benzene rings is 2. The molecule has 2 aromatic heterocycles. The number of hydrogen-bond donors (Lipinski definition) is 0. The van der Waals surface area contributed by atoms with Gasteiger partial charge in [0.2, 0.25) is 11.8 Å². The Kier molecular flexibility index (Phi) is 4.96. The van der Waals surface area contributed by atoms with E-state index in [-0.39, 0.29) is 17.1 Å². The number of hydrogen-bond acceptors (Lipinski definition) is 2. The Morgan fingerprint density at radius 1 is 1.03 bits per heavy atom. The van der Waals surface area contributed by atoms with Crippen molar-refractivity contribution in [3.63, 3.8) is 0 Å². The Balaban J connectivity index is 1.42. The number of alkyl halides is 3. The molecule has 0 spiro atoms. The zero-order valence-electron chi connectivity index (χ0n) is 17.0. The molecule has 1 unspecified atom stereocenters. The molecule has 4 nitrogen and oxygen atoms in total. The monoisotopic (exact) mass is 437 g/mol. The molecule has 5 rings (SSSR count). The Morgan fingerprint density at radius 2 is 1.81 bits per heavy atom. The van der Waals surface area contributed by atoms with E-state index in [1.165, 1.54) is 17.7 Å². The van der Waals surface area contributed by atoms with E-state index in [1.807, 2.05) is 47.4 Å². The number of Topliss-reactive ketones (excluding diaryl/α,β-unsaturated/α-hetero) is 1. The lowest BCUT2D eigenvalue weighted by Gasteiger charge is -2.20. The molecule has 0 saturated carbocycles. The van der Waals surface area contributed by atoms with Gasteiger partial charge in [0.25, 0.3) is 0 Å². The lowest BCUT2D eigenvalue weighted by molar-refractivity contribution is -0.707. The Morgan fingerprint density at radius 3 is 2.59 bits per heavy atom. The molecule has 1 aliphatic rings. The zero-order chi connectivity index (χ0) is 22.3. The second kappa shape index (κ2) is 7.82. The summed E-state index contributed by atoms with van der Waals surface area (Å²) in [5, 5.41) is 2.05. The van der Waals surface area contributed by atoms with Crippen LogP contribution in [0.4, 0.5) is 13.2 Å². The maximum atomic E-state index is 13.2. The highest BCUT2D eigenvalue weighted by molar-refractivity contribution is 6.00. The fourth-order valence-corrected chi connectivity index (χ4v) is 4.33. The standard InChI is InChI=1S/C25H20F3N2O2/c26-25(27,28)32-21-8-6-18-7-9-23(24(31)22(18)12-21)30-11-10-19-14-29(15-20(19)16-30)13-17-4-2-1-3-5-17/h1-6,8,10-12,14-16,23H,7,9,13H2/q+1. The van der Waals surface area contributed by atoms with Crippen LogP contribution in [-0.2, 0) is 13.0 Å². The molecule has 0 amide bonds. The highest BCUT2D eigenvalue weighted by atomic mass is 19.4. The minimum Gasteiger partial charge on any atom is -0.406 e. The number of aromatic nitrogens is 2. The number of fused-ring (bicyclic) bond motifs is 2. The number of aryl methyl sites for hydroxylation is 1. The van der Waals surface area contributed by atoms with Crippen LogP contribution in [0.5, 0.6) is 5.75 Å². The van der Waals surface area contributed by atoms with Gasteiger partial charge in [0, 0.05) is 42.4 Å². The van der Waals surface area contributed by atoms with Crippen molar-refractivity contribution in [2.75, 3.05) is 0 Å². The van der Waals surface area contributed by atoms with Crippen molar-refractivity contribution in [3.05, 3.63) is 96.1 Å². The molecule has 0 aliphatic heterocycles. The van der Waals surface area contributed by atoms with E-state index in [4.69, 9.17) is 0 Å². The SMILES string of the molecule is O=C1c2cc(OC(F)(F)F)ccc2CCC1[n+]1ccc2cn(Cc3ccccc3)cc2c1. The first kappa shape index (κ1) is 20.3. The lowest BCUT2D eigenvalue weighted by atomic mass is 9.86. The summed E-state index contributed by atoms with van der Waals surface area (Å²) in [6, 6.07) is 15.6. The number of nitrogens with zero attached hydrogens (tertiary/aromatic N) is 2. The largest absolute Gasteiger partial charge is 0.573 e. The fraction of sp³-hybridized carbons (Fsp3) is 0.200. The third kappa shape index (κ3) is 4.10. The van der Waals surface area contributed by atoms with Crippen LogP contribution >= 0.6 is 0 Å². The Labute approximate surface area is 182 Å². The quantitative estimate of drug-likeness (QED) is 0.409. The minimum absolute atomic E-state index is 0.202. The van der Waals surface area contributed by atoms with Crippen molar-refractivity contribution in [3.8, 4) is 5.75 Å². The van der Waals surface area contributed by atoms with Crippen LogP contribution in [0.1, 0.15) is 33.9 Å². The van der Waals surface area contributed by atoms with Crippen LogP contribution in [0.3, 0.4) is 0 Å². The van der Waals surface area contributed by atoms with Gasteiger partial charge < -0.3 is 9.30 Å². The summed E-state index contributed by atoms with van der Waals surface area (Å²) in [5.41, 5.74) is 2.23. The summed E-state index contributed by atoms with van der Waals surface area (Å²) in [5.74, 6) is -0.573. The summed E-state index contributed by atoms with van der Waals surface area (Å²) in [6.45, 7) is 0.743. The first-order chi connectivity index (χ1) is 15.4. The molecule has 2 heterocycles. The molecule has 7 heteroatoms. The van der Waals surface area contributed by atoms with E-state index in [9.17, 15) is 18.0 Å². The molecule has 0 bridgehead atoms. The predicted molar refractivity (Wildman–Crippen MR) is 112 cm³/mol. The Hall–Kier alpha value is -3.61. The molecule has 0 saturated heterocycles. The summed E-state index contributed by atoms with van der Waals surface area (Å²) >= 11 is 0. The van der Waals surface area contributed by atoms with Crippen LogP contribution in [0.25, 0.3) is 10.8 Å². The molecule has 1 aliphatic carbocycles. The van der Waals surface area contributed by atoms with Gasteiger partial charge >= 0.3 is 6.36 Å². The summed E-state index contributed by atoms with van der Waals surface area (Å²) < 4.78 is 45.7. The average Bonchev–Trinajstić information content (AvgIpc) is 3.15. The number of ketones is 1. The van der Waals surface area contributed by atoms with E-state index in [0.717, 1.165) is 22.9 Å². The van der Waals surface area contributed by atoms with Crippen molar-refractivity contribution >= 4 is 16.6 Å². The van der Waals surface area contributed by atoms with Gasteiger partial charge in [0.1, 0.15) is 5.75 Å². The van der Waals surface area contributed by atoms with Crippen molar-refractivity contribution in [1.29, 1.82) is 0 Å². The molecular formula is C25H20F3N2O2+. The third-order valence-electron chi connectivity index (χ3n) is 5.80. The molecule has 162 valence electrons. The number of rotatable bonds is 4.